The van der Waals surface area contributed by atoms with Crippen molar-refractivity contribution in [1.82, 2.24) is 0 Å². The second-order valence-electron chi connectivity index (χ2n) is 4.16. The molecule has 3 heterocycles. The zero-order valence-corrected chi connectivity index (χ0v) is 9.60. The molecule has 84 valence electrons. The average Bonchev–Trinajstić information content (AvgIpc) is 2.67. The normalized spacial score (nSPS) is 33.6. The second-order valence-corrected chi connectivity index (χ2v) is 4.72. The van der Waals surface area contributed by atoms with E-state index in [9.17, 15) is 0 Å². The van der Waals surface area contributed by atoms with Gasteiger partial charge >= 0.3 is 0 Å². The van der Waals surface area contributed by atoms with Crippen LogP contribution in [0.1, 0.15) is 12.8 Å². The lowest BCUT2D eigenvalue weighted by Crippen LogP contribution is -2.30. The van der Waals surface area contributed by atoms with Gasteiger partial charge < -0.3 is 4.74 Å². The Kier molecular flexibility index (Phi) is 2.42. The van der Waals surface area contributed by atoms with Crippen LogP contribution in [0.25, 0.3) is 0 Å². The predicted octanol–water partition coefficient (Wildman–Crippen LogP) is 2.19. The maximum atomic E-state index is 6.41. The van der Waals surface area contributed by atoms with Gasteiger partial charge in [0.15, 0.2) is 11.8 Å². The van der Waals surface area contributed by atoms with Gasteiger partial charge in [-0.3, -0.25) is 4.99 Å². The van der Waals surface area contributed by atoms with Gasteiger partial charge in [-0.15, -0.1) is 4.00 Å². The summed E-state index contributed by atoms with van der Waals surface area (Å²) in [7, 11) is 0. The number of nitrogens with zero attached hydrogens (tertiary/aromatic N) is 3. The van der Waals surface area contributed by atoms with Crippen molar-refractivity contribution >= 4 is 24.3 Å². The van der Waals surface area contributed by atoms with E-state index in [4.69, 9.17) is 16.5 Å². The summed E-state index contributed by atoms with van der Waals surface area (Å²) in [5, 5.41) is 0. The standard InChI is InChI=1S/C11H13ClN3O/c12-15-4-3-13-7-10(15)11(14-8-15)9-1-5-16-6-2-9/h3-4,7-9H,1-2,5-6H2/q+1. The molecule has 3 aliphatic rings. The highest BCUT2D eigenvalue weighted by Gasteiger charge is 2.40. The Bertz CT molecular complexity index is 421. The van der Waals surface area contributed by atoms with E-state index in [1.165, 1.54) is 0 Å². The highest BCUT2D eigenvalue weighted by molar-refractivity contribution is 6.14. The third-order valence-electron chi connectivity index (χ3n) is 3.17. The molecule has 0 spiro atoms. The first-order valence-electron chi connectivity index (χ1n) is 5.46. The maximum absolute atomic E-state index is 6.41. The molecule has 0 saturated carbocycles. The van der Waals surface area contributed by atoms with Crippen LogP contribution in [-0.2, 0) is 4.74 Å². The van der Waals surface area contributed by atoms with Crippen molar-refractivity contribution in [1.29, 1.82) is 0 Å². The lowest BCUT2D eigenvalue weighted by atomic mass is 9.95. The van der Waals surface area contributed by atoms with Crippen LogP contribution < -0.4 is 0 Å². The Morgan fingerprint density at radius 1 is 1.38 bits per heavy atom. The highest BCUT2D eigenvalue weighted by atomic mass is 35.5. The fourth-order valence-corrected chi connectivity index (χ4v) is 2.48. The van der Waals surface area contributed by atoms with Crippen molar-refractivity contribution in [2.45, 2.75) is 12.8 Å². The van der Waals surface area contributed by atoms with Gasteiger partial charge in [-0.2, -0.15) is 4.99 Å². The summed E-state index contributed by atoms with van der Waals surface area (Å²) in [6.45, 7) is 1.62. The largest absolute Gasteiger partial charge is 0.381 e. The quantitative estimate of drug-likeness (QED) is 0.645. The highest BCUT2D eigenvalue weighted by Crippen LogP contribution is 2.37. The number of aliphatic imine (C=N–C) groups is 2. The minimum atomic E-state index is 0.135. The summed E-state index contributed by atoms with van der Waals surface area (Å²) in [6.07, 6.45) is 9.13. The van der Waals surface area contributed by atoms with Crippen molar-refractivity contribution in [2.75, 3.05) is 13.2 Å². The molecule has 4 nitrogen and oxygen atoms in total. The number of hydrogen-bond donors (Lipinski definition) is 0. The van der Waals surface area contributed by atoms with Crippen LogP contribution in [0.3, 0.4) is 0 Å². The minimum Gasteiger partial charge on any atom is -0.381 e. The van der Waals surface area contributed by atoms with Gasteiger partial charge in [-0.1, -0.05) is 0 Å². The van der Waals surface area contributed by atoms with Gasteiger partial charge in [0, 0.05) is 19.1 Å². The molecule has 3 rings (SSSR count). The summed E-state index contributed by atoms with van der Waals surface area (Å²) < 4.78 is 5.50. The summed E-state index contributed by atoms with van der Waals surface area (Å²) in [5.41, 5.74) is 2.06. The number of hydrogen-bond acceptors (Lipinski definition) is 3. The van der Waals surface area contributed by atoms with Crippen molar-refractivity contribution < 1.29 is 8.74 Å². The molecule has 0 N–H and O–H groups in total. The van der Waals surface area contributed by atoms with Gasteiger partial charge in [0.25, 0.3) is 0 Å². The van der Waals surface area contributed by atoms with Crippen molar-refractivity contribution in [3.05, 3.63) is 23.8 Å². The first-order chi connectivity index (χ1) is 7.80. The monoisotopic (exact) mass is 238 g/mol. The first kappa shape index (κ1) is 10.2. The van der Waals surface area contributed by atoms with Crippen LogP contribution in [0.2, 0.25) is 0 Å². The lowest BCUT2D eigenvalue weighted by molar-refractivity contribution is -0.592. The Hall–Kier alpha value is -0.970. The number of allylic oxidation sites excluding steroid dienone is 2. The number of rotatable bonds is 1. The molecule has 3 aliphatic heterocycles. The van der Waals surface area contributed by atoms with Gasteiger partial charge in [-0.25, -0.2) is 0 Å². The van der Waals surface area contributed by atoms with E-state index in [1.807, 2.05) is 12.4 Å². The van der Waals surface area contributed by atoms with Crippen molar-refractivity contribution in [3.8, 4) is 0 Å². The molecule has 1 saturated heterocycles. The first-order valence-corrected chi connectivity index (χ1v) is 5.80. The number of halogens is 1. The van der Waals surface area contributed by atoms with Gasteiger partial charge in [0.1, 0.15) is 11.9 Å². The molecule has 0 amide bonds. The molecule has 1 fully saturated rings. The van der Waals surface area contributed by atoms with Crippen LogP contribution in [0, 0.1) is 5.92 Å². The molecule has 0 aliphatic carbocycles. The van der Waals surface area contributed by atoms with E-state index in [1.54, 1.807) is 12.5 Å². The van der Waals surface area contributed by atoms with Gasteiger partial charge in [-0.05, 0) is 12.8 Å². The smallest absolute Gasteiger partial charge is 0.218 e. The molecular weight excluding hydrogens is 226 g/mol. The summed E-state index contributed by atoms with van der Waals surface area (Å²) in [4.78, 5) is 8.61. The van der Waals surface area contributed by atoms with Crippen molar-refractivity contribution in [2.24, 2.45) is 15.9 Å². The zero-order chi connectivity index (χ0) is 11.0. The fraction of sp³-hybridized carbons (Fsp3) is 0.455. The molecule has 16 heavy (non-hydrogen) atoms. The Morgan fingerprint density at radius 3 is 3.00 bits per heavy atom. The second kappa shape index (κ2) is 3.80. The summed E-state index contributed by atoms with van der Waals surface area (Å²) >= 11 is 6.41. The Balaban J connectivity index is 1.95. The predicted molar refractivity (Wildman–Crippen MR) is 62.8 cm³/mol. The topological polar surface area (TPSA) is 34.0 Å². The number of quaternary nitrogens is 1. The van der Waals surface area contributed by atoms with Crippen LogP contribution in [0.15, 0.2) is 33.8 Å². The molecule has 0 bridgehead atoms. The SMILES string of the molecule is Cl[N+]12C=CN=CC1=C(C1CCOCC1)N=C2. The van der Waals surface area contributed by atoms with E-state index >= 15 is 0 Å². The molecule has 0 aromatic carbocycles. The minimum absolute atomic E-state index is 0.135. The molecular formula is C11H13ClN3O+. The molecule has 0 aromatic rings. The van der Waals surface area contributed by atoms with E-state index in [0.717, 1.165) is 37.4 Å². The number of fused-ring (bicyclic) bond motifs is 1. The van der Waals surface area contributed by atoms with Gasteiger partial charge in [0.05, 0.1) is 12.4 Å². The summed E-state index contributed by atoms with van der Waals surface area (Å²) in [5.74, 6) is 0.455. The average molecular weight is 239 g/mol. The van der Waals surface area contributed by atoms with E-state index in [2.05, 4.69) is 9.98 Å². The van der Waals surface area contributed by atoms with Crippen LogP contribution in [-0.4, -0.2) is 29.8 Å². The van der Waals surface area contributed by atoms with E-state index in [-0.39, 0.29) is 4.00 Å². The Morgan fingerprint density at radius 2 is 2.19 bits per heavy atom. The third-order valence-corrected chi connectivity index (χ3v) is 3.55. The molecule has 1 atom stereocenters. The van der Waals surface area contributed by atoms with E-state index < -0.39 is 0 Å². The van der Waals surface area contributed by atoms with Gasteiger partial charge in [0.2, 0.25) is 12.0 Å². The maximum Gasteiger partial charge on any atom is 0.218 e. The van der Waals surface area contributed by atoms with Crippen LogP contribution in [0.5, 0.6) is 0 Å². The van der Waals surface area contributed by atoms with E-state index in [0.29, 0.717) is 5.92 Å². The molecule has 0 radical (unpaired) electrons. The number of ether oxygens (including phenoxy) is 1. The lowest BCUT2D eigenvalue weighted by Gasteiger charge is -2.23. The Labute approximate surface area is 99.3 Å². The fourth-order valence-electron chi connectivity index (χ4n) is 2.26. The molecule has 1 unspecified atom stereocenters. The zero-order valence-electron chi connectivity index (χ0n) is 8.84. The van der Waals surface area contributed by atoms with Crippen LogP contribution in [0.4, 0.5) is 0 Å². The third kappa shape index (κ3) is 1.54. The molecule has 5 heteroatoms. The summed E-state index contributed by atoms with van der Waals surface area (Å²) in [6, 6.07) is 0. The van der Waals surface area contributed by atoms with Crippen LogP contribution >= 0.6 is 11.8 Å². The van der Waals surface area contributed by atoms with Crippen molar-refractivity contribution in [3.63, 3.8) is 0 Å². The molecule has 0 aromatic heterocycles.